The van der Waals surface area contributed by atoms with E-state index in [4.69, 9.17) is 0 Å². The summed E-state index contributed by atoms with van der Waals surface area (Å²) in [6.07, 6.45) is -1.63. The molecule has 0 amide bonds. The number of nitrogens with zero attached hydrogens (tertiary/aromatic N) is 3. The highest BCUT2D eigenvalue weighted by Gasteiger charge is 2.40. The number of esters is 1. The molecule has 5 rings (SSSR count). The van der Waals surface area contributed by atoms with E-state index in [-0.39, 0.29) is 18.6 Å². The number of aliphatic carboxylic acids is 1. The summed E-state index contributed by atoms with van der Waals surface area (Å²) in [5.41, 5.74) is 2.21. The summed E-state index contributed by atoms with van der Waals surface area (Å²) >= 11 is 2.81. The van der Waals surface area contributed by atoms with E-state index < -0.39 is 28.1 Å². The minimum Gasteiger partial charge on any atom is -0.481 e. The van der Waals surface area contributed by atoms with Crippen LogP contribution >= 0.6 is 22.7 Å². The summed E-state index contributed by atoms with van der Waals surface area (Å²) in [5, 5.41) is 12.7. The van der Waals surface area contributed by atoms with Gasteiger partial charge in [0, 0.05) is 29.0 Å². The molecule has 0 unspecified atom stereocenters. The van der Waals surface area contributed by atoms with Gasteiger partial charge in [0.15, 0.2) is 0 Å². The van der Waals surface area contributed by atoms with Crippen LogP contribution in [0.1, 0.15) is 38.5 Å². The van der Waals surface area contributed by atoms with Crippen LogP contribution in [-0.2, 0) is 30.9 Å². The number of H-pyrrole nitrogens is 1. The number of benzene rings is 1. The number of carboxylic acid groups (broad SMARTS) is 1. The van der Waals surface area contributed by atoms with Crippen LogP contribution in [0.5, 0.6) is 0 Å². The number of carboxylic acids is 1. The number of nitrogens with one attached hydrogen (secondary N) is 1. The topological polar surface area (TPSA) is 133 Å². The number of para-hydroxylation sites is 1. The first kappa shape index (κ1) is 34.4. The number of piperidine rings is 1. The van der Waals surface area contributed by atoms with Gasteiger partial charge in [0.05, 0.1) is 29.4 Å². The number of aromatic amines is 1. The molecule has 2 N–H and O–H groups in total. The molecule has 0 radical (unpaired) electrons. The second kappa shape index (κ2) is 14.3. The Labute approximate surface area is 266 Å². The number of thiazole rings is 1. The highest BCUT2D eigenvalue weighted by molar-refractivity contribution is 7.94. The van der Waals surface area contributed by atoms with E-state index in [1.54, 1.807) is 28.8 Å². The first-order valence-electron chi connectivity index (χ1n) is 14.1. The maximum Gasteiger partial charge on any atom is 0.490 e. The van der Waals surface area contributed by atoms with Crippen molar-refractivity contribution in [2.75, 3.05) is 24.0 Å². The molecule has 10 nitrogen and oxygen atoms in total. The Hall–Kier alpha value is -3.47. The van der Waals surface area contributed by atoms with Crippen molar-refractivity contribution in [2.24, 2.45) is 5.92 Å². The van der Waals surface area contributed by atoms with Crippen LogP contribution in [0.25, 0.3) is 21.6 Å². The Balaban J connectivity index is 0.000000448. The van der Waals surface area contributed by atoms with Gasteiger partial charge in [0.2, 0.25) is 0 Å². The van der Waals surface area contributed by atoms with Crippen molar-refractivity contribution in [1.82, 2.24) is 14.9 Å². The van der Waals surface area contributed by atoms with Crippen LogP contribution in [0.2, 0.25) is 0 Å². The lowest BCUT2D eigenvalue weighted by atomic mass is 9.97. The minimum atomic E-state index is -4.85. The first-order chi connectivity index (χ1) is 21.2. The summed E-state index contributed by atoms with van der Waals surface area (Å²) in [6.45, 7) is 7.09. The van der Waals surface area contributed by atoms with Gasteiger partial charge in [-0.3, -0.25) is 14.0 Å². The van der Waals surface area contributed by atoms with Crippen molar-refractivity contribution in [3.8, 4) is 10.7 Å². The van der Waals surface area contributed by atoms with Crippen LogP contribution in [0.15, 0.2) is 52.2 Å². The van der Waals surface area contributed by atoms with E-state index in [9.17, 15) is 36.3 Å². The molecule has 4 heterocycles. The van der Waals surface area contributed by atoms with Crippen LogP contribution in [0.3, 0.4) is 0 Å². The van der Waals surface area contributed by atoms with Crippen molar-refractivity contribution in [3.05, 3.63) is 52.9 Å². The number of hydrogen-bond acceptors (Lipinski definition) is 9. The Morgan fingerprint density at radius 1 is 1.20 bits per heavy atom. The number of carbonyl (C=O) groups excluding carboxylic acids is 1. The number of alkyl halides is 3. The van der Waals surface area contributed by atoms with Gasteiger partial charge in [-0.25, -0.2) is 18.2 Å². The Kier molecular flexibility index (Phi) is 10.9. The number of anilines is 1. The highest BCUT2D eigenvalue weighted by Crippen LogP contribution is 2.36. The van der Waals surface area contributed by atoms with E-state index >= 15 is 0 Å². The third-order valence-electron chi connectivity index (χ3n) is 6.96. The molecule has 0 bridgehead atoms. The number of likely N-dealkylation sites (tertiary alicyclic amines) is 1. The molecule has 45 heavy (non-hydrogen) atoms. The molecular weight excluding hydrogens is 654 g/mol. The number of thiophene rings is 1. The molecule has 1 fully saturated rings. The molecular formula is C29H33F3N4O6S3. The Morgan fingerprint density at radius 3 is 2.47 bits per heavy atom. The minimum absolute atomic E-state index is 0.243. The molecule has 1 saturated heterocycles. The maximum absolute atomic E-state index is 13.5. The van der Waals surface area contributed by atoms with Gasteiger partial charge < -0.3 is 14.8 Å². The van der Waals surface area contributed by atoms with Gasteiger partial charge in [-0.1, -0.05) is 18.2 Å². The van der Waals surface area contributed by atoms with Gasteiger partial charge >= 0.3 is 18.1 Å². The van der Waals surface area contributed by atoms with E-state index in [1.807, 2.05) is 44.3 Å². The largest absolute Gasteiger partial charge is 0.490 e. The zero-order chi connectivity index (χ0) is 32.9. The molecule has 1 aliphatic heterocycles. The van der Waals surface area contributed by atoms with Crippen LogP contribution < -0.4 is 4.31 Å². The normalized spacial score (nSPS) is 14.7. The highest BCUT2D eigenvalue weighted by atomic mass is 32.2. The fraction of sp³-hybridized carbons (Fsp3) is 0.414. The number of halogens is 3. The third kappa shape index (κ3) is 8.23. The van der Waals surface area contributed by atoms with Crippen molar-refractivity contribution >= 4 is 61.2 Å². The average molecular weight is 687 g/mol. The smallest absolute Gasteiger partial charge is 0.481 e. The van der Waals surface area contributed by atoms with E-state index in [0.717, 1.165) is 46.1 Å². The molecule has 0 atom stereocenters. The lowest BCUT2D eigenvalue weighted by molar-refractivity contribution is -0.199. The number of ether oxygens (including phenoxy) is 1. The molecule has 0 spiro atoms. The summed E-state index contributed by atoms with van der Waals surface area (Å²) in [6, 6.07) is 10.8. The maximum atomic E-state index is 13.5. The number of carbonyl (C=O) groups is 2. The molecule has 0 saturated carbocycles. The predicted octanol–water partition coefficient (Wildman–Crippen LogP) is 6.37. The van der Waals surface area contributed by atoms with Gasteiger partial charge in [0.25, 0.3) is 10.0 Å². The monoisotopic (exact) mass is 686 g/mol. The number of sulfonamides is 1. The standard InChI is InChI=1S/C25H28N4O4S3.C4H5F3O2/c1-16(2)29(36(32,33)22-7-4-12-34-22)21-6-3-5-18-13-20(27-23(18)21)24-26-14-19(35-24)15-28-10-8-17(9-11-28)25(30)31;1-2-9-3(8)4(5,6)7/h3-7,12-14,16-17,27H,8-11,15H2,1-2H3,(H,30,31);2H2,1H3. The predicted molar refractivity (Wildman–Crippen MR) is 167 cm³/mol. The molecule has 1 aliphatic rings. The number of aromatic nitrogens is 2. The lowest BCUT2D eigenvalue weighted by Crippen LogP contribution is -2.36. The SMILES string of the molecule is CC(C)N(c1cccc2cc(-c3ncc(CN4CCC(C(=O)O)CC4)s3)[nH]c12)S(=O)(=O)c1cccs1.CCOC(=O)C(F)(F)F. The van der Waals surface area contributed by atoms with Crippen molar-refractivity contribution in [2.45, 2.75) is 56.6 Å². The van der Waals surface area contributed by atoms with Crippen LogP contribution in [0, 0.1) is 5.92 Å². The second-order valence-corrected chi connectivity index (χ2v) is 14.6. The summed E-state index contributed by atoms with van der Waals surface area (Å²) in [4.78, 5) is 32.4. The van der Waals surface area contributed by atoms with E-state index in [2.05, 4.69) is 19.6 Å². The summed E-state index contributed by atoms with van der Waals surface area (Å²) in [7, 11) is -3.70. The zero-order valence-corrected chi connectivity index (χ0v) is 27.2. The molecule has 3 aromatic heterocycles. The second-order valence-electron chi connectivity index (χ2n) is 10.5. The van der Waals surface area contributed by atoms with Crippen molar-refractivity contribution in [1.29, 1.82) is 0 Å². The number of rotatable bonds is 9. The van der Waals surface area contributed by atoms with Crippen LogP contribution in [-0.4, -0.2) is 72.2 Å². The van der Waals surface area contributed by atoms with Gasteiger partial charge in [-0.15, -0.1) is 22.7 Å². The van der Waals surface area contributed by atoms with Gasteiger partial charge in [-0.2, -0.15) is 13.2 Å². The van der Waals surface area contributed by atoms with Gasteiger partial charge in [0.1, 0.15) is 9.22 Å². The fourth-order valence-corrected chi connectivity index (χ4v) is 8.59. The quantitative estimate of drug-likeness (QED) is 0.194. The fourth-order valence-electron chi connectivity index (χ4n) is 4.91. The molecule has 16 heteroatoms. The Morgan fingerprint density at radius 2 is 1.91 bits per heavy atom. The summed E-state index contributed by atoms with van der Waals surface area (Å²) < 4.78 is 65.9. The number of hydrogen-bond donors (Lipinski definition) is 2. The zero-order valence-electron chi connectivity index (χ0n) is 24.7. The number of fused-ring (bicyclic) bond motifs is 1. The van der Waals surface area contributed by atoms with Gasteiger partial charge in [-0.05, 0) is 70.3 Å². The van der Waals surface area contributed by atoms with E-state index in [0.29, 0.717) is 22.7 Å². The molecule has 4 aromatic rings. The Bertz CT molecular complexity index is 1710. The lowest BCUT2D eigenvalue weighted by Gasteiger charge is -2.29. The molecule has 0 aliphatic carbocycles. The van der Waals surface area contributed by atoms with Crippen molar-refractivity contribution < 1.29 is 41.0 Å². The summed E-state index contributed by atoms with van der Waals surface area (Å²) in [5.74, 6) is -3.08. The molecule has 1 aromatic carbocycles. The molecule has 244 valence electrons. The third-order valence-corrected chi connectivity index (χ3v) is 11.3. The first-order valence-corrected chi connectivity index (χ1v) is 17.2. The van der Waals surface area contributed by atoms with Crippen molar-refractivity contribution in [3.63, 3.8) is 0 Å². The van der Waals surface area contributed by atoms with Crippen LogP contribution in [0.4, 0.5) is 18.9 Å². The average Bonchev–Trinajstić information content (AvgIpc) is 3.74. The van der Waals surface area contributed by atoms with E-state index in [1.165, 1.54) is 22.6 Å².